The smallest absolute Gasteiger partial charge is 0.276 e. The Bertz CT molecular complexity index is 326. The Labute approximate surface area is 77.3 Å². The molecule has 3 heterocycles. The molecule has 1 saturated heterocycles. The molecule has 0 bridgehead atoms. The minimum atomic E-state index is 0.275. The molecule has 2 atom stereocenters. The number of pyridine rings is 1. The van der Waals surface area contributed by atoms with E-state index in [-0.39, 0.29) is 6.23 Å². The fraction of sp³-hybridized carbons (Fsp3) is 0.500. The third kappa shape index (κ3) is 1.04. The fourth-order valence-electron chi connectivity index (χ4n) is 2.19. The highest BCUT2D eigenvalue weighted by molar-refractivity contribution is 5.28. The Balaban J connectivity index is 2.06. The van der Waals surface area contributed by atoms with E-state index < -0.39 is 0 Å². The third-order valence-corrected chi connectivity index (χ3v) is 2.89. The zero-order chi connectivity index (χ0) is 8.67. The maximum atomic E-state index is 5.71. The Hall–Kier alpha value is -1.09. The van der Waals surface area contributed by atoms with Gasteiger partial charge < -0.3 is 4.74 Å². The molecule has 0 saturated carbocycles. The molecule has 1 aromatic rings. The maximum absolute atomic E-state index is 5.71. The number of nitrogens with one attached hydrogen (secondary N) is 1. The van der Waals surface area contributed by atoms with Gasteiger partial charge >= 0.3 is 0 Å². The first-order chi connectivity index (χ1) is 6.45. The first-order valence-corrected chi connectivity index (χ1v) is 4.81. The molecule has 0 aromatic carbocycles. The van der Waals surface area contributed by atoms with Gasteiger partial charge in [-0.3, -0.25) is 5.32 Å². The van der Waals surface area contributed by atoms with Gasteiger partial charge in [0.15, 0.2) is 0 Å². The van der Waals surface area contributed by atoms with Crippen LogP contribution in [0.2, 0.25) is 0 Å². The van der Waals surface area contributed by atoms with Crippen molar-refractivity contribution in [3.63, 3.8) is 0 Å². The van der Waals surface area contributed by atoms with Crippen LogP contribution in [0.15, 0.2) is 24.4 Å². The van der Waals surface area contributed by atoms with Crippen LogP contribution < -0.4 is 9.88 Å². The number of anilines is 1. The van der Waals surface area contributed by atoms with Crippen LogP contribution in [0.3, 0.4) is 0 Å². The molecule has 0 amide bonds. The van der Waals surface area contributed by atoms with Crippen molar-refractivity contribution in [2.75, 3.05) is 18.5 Å². The monoisotopic (exact) mass is 177 g/mol. The second-order valence-electron chi connectivity index (χ2n) is 3.68. The molecule has 2 aliphatic rings. The summed E-state index contributed by atoms with van der Waals surface area (Å²) in [6.45, 7) is 1.95. The second-order valence-corrected chi connectivity index (χ2v) is 3.68. The van der Waals surface area contributed by atoms with Crippen LogP contribution in [0.4, 0.5) is 5.82 Å². The molecular weight excluding hydrogens is 164 g/mol. The minimum Gasteiger partial charge on any atom is -0.339 e. The van der Waals surface area contributed by atoms with Crippen LogP contribution in [-0.4, -0.2) is 13.2 Å². The van der Waals surface area contributed by atoms with Crippen LogP contribution in [0.25, 0.3) is 0 Å². The van der Waals surface area contributed by atoms with Crippen LogP contribution in [-0.2, 0) is 4.74 Å². The summed E-state index contributed by atoms with van der Waals surface area (Å²) < 4.78 is 7.90. The highest BCUT2D eigenvalue weighted by Crippen LogP contribution is 2.29. The molecule has 0 aliphatic carbocycles. The van der Waals surface area contributed by atoms with Gasteiger partial charge in [0.05, 0.1) is 25.3 Å². The predicted molar refractivity (Wildman–Crippen MR) is 48.2 cm³/mol. The van der Waals surface area contributed by atoms with E-state index in [0.717, 1.165) is 13.2 Å². The molecule has 3 heteroatoms. The lowest BCUT2D eigenvalue weighted by Crippen LogP contribution is -2.50. The topological polar surface area (TPSA) is 25.1 Å². The molecule has 1 N–H and O–H groups in total. The van der Waals surface area contributed by atoms with Crippen molar-refractivity contribution in [2.45, 2.75) is 12.6 Å². The summed E-state index contributed by atoms with van der Waals surface area (Å²) in [6, 6.07) is 6.20. The molecule has 2 aliphatic heterocycles. The molecule has 2 unspecified atom stereocenters. The van der Waals surface area contributed by atoms with Crippen molar-refractivity contribution >= 4 is 5.82 Å². The Morgan fingerprint density at radius 1 is 1.46 bits per heavy atom. The van der Waals surface area contributed by atoms with E-state index in [4.69, 9.17) is 4.74 Å². The summed E-state index contributed by atoms with van der Waals surface area (Å²) in [5, 5.41) is 3.42. The van der Waals surface area contributed by atoms with Crippen molar-refractivity contribution in [1.29, 1.82) is 0 Å². The quantitative estimate of drug-likeness (QED) is 0.596. The number of hydrogen-bond acceptors (Lipinski definition) is 2. The van der Waals surface area contributed by atoms with Gasteiger partial charge in [-0.15, -0.1) is 0 Å². The first kappa shape index (κ1) is 7.33. The number of ether oxygens (including phenoxy) is 1. The average molecular weight is 177 g/mol. The minimum absolute atomic E-state index is 0.275. The van der Waals surface area contributed by atoms with E-state index in [1.807, 2.05) is 6.07 Å². The Morgan fingerprint density at radius 2 is 2.46 bits per heavy atom. The number of hydrogen-bond donors (Lipinski definition) is 1. The zero-order valence-electron chi connectivity index (χ0n) is 7.44. The molecule has 1 fully saturated rings. The molecule has 13 heavy (non-hydrogen) atoms. The summed E-state index contributed by atoms with van der Waals surface area (Å²) in [7, 11) is 0. The van der Waals surface area contributed by atoms with Crippen molar-refractivity contribution in [2.24, 2.45) is 5.92 Å². The number of fused-ring (bicyclic) bond motifs is 3. The van der Waals surface area contributed by atoms with E-state index in [1.54, 1.807) is 0 Å². The lowest BCUT2D eigenvalue weighted by atomic mass is 10.0. The van der Waals surface area contributed by atoms with Crippen LogP contribution in [0.5, 0.6) is 0 Å². The Morgan fingerprint density at radius 3 is 3.46 bits per heavy atom. The standard InChI is InChI=1S/C10H12N2O/c1-2-5-12-9(3-1)11-7-8-4-6-13-10(8)12/h1-3,5,8,10H,4,6-7H2/p+1. The van der Waals surface area contributed by atoms with Gasteiger partial charge in [-0.05, 0) is 12.5 Å². The van der Waals surface area contributed by atoms with Crippen molar-refractivity contribution in [3.05, 3.63) is 24.4 Å². The van der Waals surface area contributed by atoms with Crippen LogP contribution in [0.1, 0.15) is 12.6 Å². The van der Waals surface area contributed by atoms with E-state index >= 15 is 0 Å². The van der Waals surface area contributed by atoms with Gasteiger partial charge in [0, 0.05) is 6.07 Å². The van der Waals surface area contributed by atoms with E-state index in [0.29, 0.717) is 5.92 Å². The molecular formula is C10H13N2O+. The number of nitrogens with zero attached hydrogens (tertiary/aromatic N) is 1. The summed E-state index contributed by atoms with van der Waals surface area (Å²) in [6.07, 6.45) is 3.54. The van der Waals surface area contributed by atoms with Gasteiger partial charge in [0.1, 0.15) is 0 Å². The number of aromatic nitrogens is 1. The SMILES string of the molecule is c1cc[n+]2c(c1)NCC1CCOC12. The third-order valence-electron chi connectivity index (χ3n) is 2.89. The molecule has 0 radical (unpaired) electrons. The predicted octanol–water partition coefficient (Wildman–Crippen LogP) is 0.935. The lowest BCUT2D eigenvalue weighted by molar-refractivity contribution is -0.755. The van der Waals surface area contributed by atoms with Gasteiger partial charge in [-0.2, -0.15) is 0 Å². The molecule has 1 aromatic heterocycles. The highest BCUT2D eigenvalue weighted by atomic mass is 16.5. The van der Waals surface area contributed by atoms with Gasteiger partial charge in [0.25, 0.3) is 5.82 Å². The van der Waals surface area contributed by atoms with E-state index in [1.165, 1.54) is 12.2 Å². The summed E-state index contributed by atoms with van der Waals surface area (Å²) in [5.74, 6) is 1.82. The summed E-state index contributed by atoms with van der Waals surface area (Å²) in [4.78, 5) is 0. The van der Waals surface area contributed by atoms with Crippen LogP contribution in [0, 0.1) is 5.92 Å². The maximum Gasteiger partial charge on any atom is 0.276 e. The lowest BCUT2D eigenvalue weighted by Gasteiger charge is -2.22. The summed E-state index contributed by atoms with van der Waals surface area (Å²) in [5.41, 5.74) is 0. The first-order valence-electron chi connectivity index (χ1n) is 4.81. The van der Waals surface area contributed by atoms with Crippen molar-refractivity contribution in [3.8, 4) is 0 Å². The highest BCUT2D eigenvalue weighted by Gasteiger charge is 2.38. The average Bonchev–Trinajstić information content (AvgIpc) is 2.65. The fourth-order valence-corrected chi connectivity index (χ4v) is 2.19. The molecule has 68 valence electrons. The molecule has 3 rings (SSSR count). The van der Waals surface area contributed by atoms with E-state index in [2.05, 4.69) is 28.2 Å². The van der Waals surface area contributed by atoms with Gasteiger partial charge in [0.2, 0.25) is 6.23 Å². The molecule has 0 spiro atoms. The summed E-state index contributed by atoms with van der Waals surface area (Å²) >= 11 is 0. The van der Waals surface area contributed by atoms with Crippen molar-refractivity contribution < 1.29 is 9.30 Å². The largest absolute Gasteiger partial charge is 0.339 e. The van der Waals surface area contributed by atoms with Gasteiger partial charge in [-0.25, -0.2) is 4.57 Å². The second kappa shape index (κ2) is 2.70. The number of rotatable bonds is 0. The van der Waals surface area contributed by atoms with Crippen LogP contribution >= 0.6 is 0 Å². The van der Waals surface area contributed by atoms with Crippen molar-refractivity contribution in [1.82, 2.24) is 0 Å². The van der Waals surface area contributed by atoms with E-state index in [9.17, 15) is 0 Å². The normalized spacial score (nSPS) is 30.5. The zero-order valence-corrected chi connectivity index (χ0v) is 7.44. The Kier molecular flexibility index (Phi) is 1.52. The molecule has 3 nitrogen and oxygen atoms in total. The van der Waals surface area contributed by atoms with Gasteiger partial charge in [-0.1, -0.05) is 6.07 Å².